The van der Waals surface area contributed by atoms with Crippen molar-refractivity contribution in [3.63, 3.8) is 0 Å². The molecule has 0 unspecified atom stereocenters. The molecule has 0 bridgehead atoms. The highest BCUT2D eigenvalue weighted by Gasteiger charge is 2.48. The normalized spacial score (nSPS) is 21.0. The van der Waals surface area contributed by atoms with E-state index in [1.807, 2.05) is 63.2 Å². The van der Waals surface area contributed by atoms with Gasteiger partial charge in [-0.2, -0.15) is 0 Å². The van der Waals surface area contributed by atoms with Crippen LogP contribution >= 0.6 is 0 Å². The molecule has 0 spiro atoms. The molecule has 3 rings (SSSR count). The summed E-state index contributed by atoms with van der Waals surface area (Å²) < 4.78 is 17.3. The van der Waals surface area contributed by atoms with Crippen molar-refractivity contribution in [3.8, 4) is 5.75 Å². The average molecular weight is 470 g/mol. The molecule has 0 radical (unpaired) electrons. The number of hydrogen-bond acceptors (Lipinski definition) is 6. The van der Waals surface area contributed by atoms with Crippen molar-refractivity contribution < 1.29 is 28.9 Å². The maximum absolute atomic E-state index is 12.1. The third kappa shape index (κ3) is 6.81. The molecule has 2 aromatic rings. The van der Waals surface area contributed by atoms with E-state index in [1.165, 1.54) is 6.92 Å². The molecule has 1 amide bonds. The molecule has 0 aliphatic carbocycles. The Morgan fingerprint density at radius 1 is 1.18 bits per heavy atom. The van der Waals surface area contributed by atoms with Crippen molar-refractivity contribution in [3.05, 3.63) is 65.7 Å². The summed E-state index contributed by atoms with van der Waals surface area (Å²) in [6, 6.07) is 16.7. The fourth-order valence-corrected chi connectivity index (χ4v) is 4.15. The van der Waals surface area contributed by atoms with E-state index in [2.05, 4.69) is 5.32 Å². The van der Waals surface area contributed by atoms with Crippen LogP contribution in [-0.2, 0) is 20.7 Å². The number of aliphatic hydroxyl groups excluding tert-OH is 1. The number of esters is 1. The molecular weight excluding hydrogens is 434 g/mol. The Morgan fingerprint density at radius 3 is 2.50 bits per heavy atom. The third-order valence-corrected chi connectivity index (χ3v) is 6.27. The van der Waals surface area contributed by atoms with Crippen molar-refractivity contribution in [2.45, 2.75) is 70.4 Å². The SMILES string of the molecule is CC(=O)OC(C)(C)[C@H]1CC[C@](C)([C@@H](O)COc2ccc(CCNC(=O)c3ccccc3)cc2)O1. The molecule has 184 valence electrons. The summed E-state index contributed by atoms with van der Waals surface area (Å²) in [7, 11) is 0. The number of ether oxygens (including phenoxy) is 3. The molecule has 7 nitrogen and oxygen atoms in total. The van der Waals surface area contributed by atoms with Gasteiger partial charge in [0.15, 0.2) is 0 Å². The molecule has 2 aromatic carbocycles. The molecular formula is C27H35NO6. The molecule has 3 atom stereocenters. The maximum Gasteiger partial charge on any atom is 0.303 e. The van der Waals surface area contributed by atoms with E-state index in [4.69, 9.17) is 14.2 Å². The van der Waals surface area contributed by atoms with Gasteiger partial charge in [-0.25, -0.2) is 0 Å². The molecule has 1 aliphatic heterocycles. The van der Waals surface area contributed by atoms with Gasteiger partial charge in [0.05, 0.1) is 11.7 Å². The number of benzene rings is 2. The molecule has 7 heteroatoms. The van der Waals surface area contributed by atoms with Gasteiger partial charge in [0.25, 0.3) is 5.91 Å². The number of carbonyl (C=O) groups excluding carboxylic acids is 2. The van der Waals surface area contributed by atoms with Crippen LogP contribution in [0.25, 0.3) is 0 Å². The van der Waals surface area contributed by atoms with Gasteiger partial charge < -0.3 is 24.6 Å². The van der Waals surface area contributed by atoms with Crippen LogP contribution in [0.2, 0.25) is 0 Å². The Balaban J connectivity index is 1.44. The first-order valence-corrected chi connectivity index (χ1v) is 11.7. The van der Waals surface area contributed by atoms with E-state index >= 15 is 0 Å². The van der Waals surface area contributed by atoms with Crippen molar-refractivity contribution >= 4 is 11.9 Å². The van der Waals surface area contributed by atoms with E-state index in [9.17, 15) is 14.7 Å². The second-order valence-electron chi connectivity index (χ2n) is 9.50. The number of aliphatic hydroxyl groups is 1. The quantitative estimate of drug-likeness (QED) is 0.516. The maximum atomic E-state index is 12.1. The lowest BCUT2D eigenvalue weighted by molar-refractivity contribution is -0.185. The van der Waals surface area contributed by atoms with Gasteiger partial charge in [-0.3, -0.25) is 9.59 Å². The van der Waals surface area contributed by atoms with E-state index in [1.54, 1.807) is 12.1 Å². The molecule has 1 aliphatic rings. The van der Waals surface area contributed by atoms with E-state index in [-0.39, 0.29) is 24.6 Å². The Hall–Kier alpha value is -2.90. The van der Waals surface area contributed by atoms with Crippen LogP contribution in [0.5, 0.6) is 5.75 Å². The smallest absolute Gasteiger partial charge is 0.303 e. The minimum atomic E-state index is -0.835. The minimum Gasteiger partial charge on any atom is -0.491 e. The van der Waals surface area contributed by atoms with Gasteiger partial charge in [-0.15, -0.1) is 0 Å². The second kappa shape index (κ2) is 11.0. The van der Waals surface area contributed by atoms with Crippen LogP contribution in [0, 0.1) is 0 Å². The van der Waals surface area contributed by atoms with Crippen molar-refractivity contribution in [1.82, 2.24) is 5.32 Å². The molecule has 1 saturated heterocycles. The Morgan fingerprint density at radius 2 is 1.85 bits per heavy atom. The number of nitrogens with one attached hydrogen (secondary N) is 1. The van der Waals surface area contributed by atoms with Crippen LogP contribution in [-0.4, -0.2) is 53.5 Å². The first-order chi connectivity index (χ1) is 16.1. The highest BCUT2D eigenvalue weighted by Crippen LogP contribution is 2.39. The fraction of sp³-hybridized carbons (Fsp3) is 0.481. The van der Waals surface area contributed by atoms with E-state index in [0.717, 1.165) is 5.56 Å². The summed E-state index contributed by atoms with van der Waals surface area (Å²) in [6.45, 7) is 7.50. The molecule has 34 heavy (non-hydrogen) atoms. The second-order valence-corrected chi connectivity index (χ2v) is 9.50. The van der Waals surface area contributed by atoms with Gasteiger partial charge in [0.1, 0.15) is 24.1 Å². The summed E-state index contributed by atoms with van der Waals surface area (Å²) >= 11 is 0. The lowest BCUT2D eigenvalue weighted by Gasteiger charge is -2.35. The Kier molecular flexibility index (Phi) is 8.33. The fourth-order valence-electron chi connectivity index (χ4n) is 4.15. The summed E-state index contributed by atoms with van der Waals surface area (Å²) in [5.41, 5.74) is 0.174. The minimum absolute atomic E-state index is 0.0870. The van der Waals surface area contributed by atoms with Crippen LogP contribution < -0.4 is 10.1 Å². The Bertz CT molecular complexity index is 959. The van der Waals surface area contributed by atoms with Crippen molar-refractivity contribution in [1.29, 1.82) is 0 Å². The largest absolute Gasteiger partial charge is 0.491 e. The van der Waals surface area contributed by atoms with Crippen LogP contribution in [0.15, 0.2) is 54.6 Å². The van der Waals surface area contributed by atoms with Crippen LogP contribution in [0.1, 0.15) is 56.5 Å². The van der Waals surface area contributed by atoms with Gasteiger partial charge >= 0.3 is 5.97 Å². The van der Waals surface area contributed by atoms with Gasteiger partial charge in [-0.1, -0.05) is 30.3 Å². The molecule has 1 fully saturated rings. The Labute approximate surface area is 201 Å². The van der Waals surface area contributed by atoms with Gasteiger partial charge in [0, 0.05) is 19.0 Å². The van der Waals surface area contributed by atoms with Crippen LogP contribution in [0.3, 0.4) is 0 Å². The van der Waals surface area contributed by atoms with E-state index < -0.39 is 17.3 Å². The average Bonchev–Trinajstić information content (AvgIpc) is 3.22. The summed E-state index contributed by atoms with van der Waals surface area (Å²) in [5, 5.41) is 13.7. The molecule has 2 N–H and O–H groups in total. The number of amides is 1. The predicted octanol–water partition coefficient (Wildman–Crippen LogP) is 3.68. The summed E-state index contributed by atoms with van der Waals surface area (Å²) in [6.07, 6.45) is 0.896. The first kappa shape index (κ1) is 25.7. The lowest BCUT2D eigenvalue weighted by Crippen LogP contribution is -2.47. The van der Waals surface area contributed by atoms with Crippen LogP contribution in [0.4, 0.5) is 0 Å². The summed E-state index contributed by atoms with van der Waals surface area (Å²) in [4.78, 5) is 23.5. The zero-order chi connectivity index (χ0) is 24.8. The number of carbonyl (C=O) groups is 2. The number of rotatable bonds is 10. The highest BCUT2D eigenvalue weighted by atomic mass is 16.6. The van der Waals surface area contributed by atoms with E-state index in [0.29, 0.717) is 37.1 Å². The van der Waals surface area contributed by atoms with Crippen molar-refractivity contribution in [2.24, 2.45) is 0 Å². The lowest BCUT2D eigenvalue weighted by atomic mass is 9.93. The highest BCUT2D eigenvalue weighted by molar-refractivity contribution is 5.94. The molecule has 0 saturated carbocycles. The number of hydrogen-bond donors (Lipinski definition) is 2. The zero-order valence-corrected chi connectivity index (χ0v) is 20.4. The topological polar surface area (TPSA) is 94.1 Å². The predicted molar refractivity (Wildman–Crippen MR) is 129 cm³/mol. The van der Waals surface area contributed by atoms with Gasteiger partial charge in [0.2, 0.25) is 0 Å². The standard InChI is InChI=1S/C27H35NO6/c1-19(29)33-26(2,3)24-14-16-27(4,34-24)23(30)18-32-22-12-10-20(11-13-22)15-17-28-25(31)21-8-6-5-7-9-21/h5-13,23-24,30H,14-18H2,1-4H3,(H,28,31)/t23-,24+,27+/m0/s1. The molecule has 1 heterocycles. The molecule has 0 aromatic heterocycles. The monoisotopic (exact) mass is 469 g/mol. The first-order valence-electron chi connectivity index (χ1n) is 11.7. The van der Waals surface area contributed by atoms with Gasteiger partial charge in [-0.05, 0) is 69.9 Å². The third-order valence-electron chi connectivity index (χ3n) is 6.27. The van der Waals surface area contributed by atoms with Crippen molar-refractivity contribution in [2.75, 3.05) is 13.2 Å². The summed E-state index contributed by atoms with van der Waals surface area (Å²) in [5.74, 6) is 0.207. The zero-order valence-electron chi connectivity index (χ0n) is 20.4.